The Hall–Kier alpha value is -1.99. The summed E-state index contributed by atoms with van der Waals surface area (Å²) in [4.78, 5) is 27.5. The van der Waals surface area contributed by atoms with Gasteiger partial charge in [0.25, 0.3) is 5.91 Å². The second-order valence-corrected chi connectivity index (χ2v) is 7.29. The zero-order valence-electron chi connectivity index (χ0n) is 13.5. The van der Waals surface area contributed by atoms with Crippen molar-refractivity contribution < 1.29 is 4.79 Å². The van der Waals surface area contributed by atoms with Crippen LogP contribution in [0.2, 0.25) is 0 Å². The molecule has 6 nitrogen and oxygen atoms in total. The Labute approximate surface area is 145 Å². The number of rotatable bonds is 3. The molecule has 0 unspecified atom stereocenters. The fourth-order valence-corrected chi connectivity index (χ4v) is 4.39. The third-order valence-electron chi connectivity index (χ3n) is 4.64. The highest BCUT2D eigenvalue weighted by atomic mass is 32.1. The van der Waals surface area contributed by atoms with Gasteiger partial charge in [-0.15, -0.1) is 11.3 Å². The smallest absolute Gasteiger partial charge is 0.264 e. The van der Waals surface area contributed by atoms with Crippen molar-refractivity contribution in [1.82, 2.24) is 20.2 Å². The largest absolute Gasteiger partial charge is 0.337 e. The third kappa shape index (κ3) is 3.14. The van der Waals surface area contributed by atoms with E-state index in [4.69, 9.17) is 0 Å². The highest BCUT2D eigenvalue weighted by Crippen LogP contribution is 2.30. The average Bonchev–Trinajstić information content (AvgIpc) is 3.33. The molecule has 2 saturated heterocycles. The minimum atomic E-state index is 0.151. The van der Waals surface area contributed by atoms with E-state index in [1.54, 1.807) is 23.7 Å². The van der Waals surface area contributed by atoms with Crippen LogP contribution in [0.15, 0.2) is 30.6 Å². The topological polar surface area (TPSA) is 61.4 Å². The van der Waals surface area contributed by atoms with Gasteiger partial charge in [-0.2, -0.15) is 0 Å². The molecule has 1 amide bonds. The van der Waals surface area contributed by atoms with Gasteiger partial charge in [-0.1, -0.05) is 0 Å². The summed E-state index contributed by atoms with van der Waals surface area (Å²) >= 11 is 1.64. The van der Waals surface area contributed by atoms with Crippen LogP contribution in [0, 0.1) is 0 Å². The maximum Gasteiger partial charge on any atom is 0.264 e. The number of amides is 1. The van der Waals surface area contributed by atoms with Crippen molar-refractivity contribution in [1.29, 1.82) is 0 Å². The molecular formula is C17H21N5OS. The molecule has 4 rings (SSSR count). The Balaban J connectivity index is 1.38. The zero-order chi connectivity index (χ0) is 16.4. The number of hydrogen-bond donors (Lipinski definition) is 1. The van der Waals surface area contributed by atoms with Crippen molar-refractivity contribution in [3.8, 4) is 0 Å². The lowest BCUT2D eigenvalue weighted by molar-refractivity contribution is 0.0751. The first kappa shape index (κ1) is 15.5. The van der Waals surface area contributed by atoms with Gasteiger partial charge in [0.15, 0.2) is 0 Å². The average molecular weight is 343 g/mol. The molecular weight excluding hydrogens is 322 g/mol. The van der Waals surface area contributed by atoms with Crippen molar-refractivity contribution in [2.75, 3.05) is 37.6 Å². The maximum absolute atomic E-state index is 12.7. The van der Waals surface area contributed by atoms with Gasteiger partial charge >= 0.3 is 0 Å². The molecule has 0 saturated carbocycles. The van der Waals surface area contributed by atoms with Gasteiger partial charge in [0.05, 0.1) is 4.88 Å². The van der Waals surface area contributed by atoms with Crippen LogP contribution in [0.3, 0.4) is 0 Å². The molecule has 2 fully saturated rings. The van der Waals surface area contributed by atoms with Gasteiger partial charge in [0.2, 0.25) is 5.95 Å². The number of nitrogens with one attached hydrogen (secondary N) is 1. The first-order valence-corrected chi connectivity index (χ1v) is 9.27. The molecule has 126 valence electrons. The van der Waals surface area contributed by atoms with Crippen LogP contribution in [0.4, 0.5) is 5.95 Å². The van der Waals surface area contributed by atoms with E-state index >= 15 is 0 Å². The highest BCUT2D eigenvalue weighted by molar-refractivity contribution is 7.14. The van der Waals surface area contributed by atoms with E-state index < -0.39 is 0 Å². The molecule has 1 N–H and O–H groups in total. The van der Waals surface area contributed by atoms with E-state index in [1.165, 1.54) is 17.7 Å². The van der Waals surface area contributed by atoms with Gasteiger partial charge in [0.1, 0.15) is 0 Å². The first-order chi connectivity index (χ1) is 11.8. The molecule has 1 atom stereocenters. The minimum absolute atomic E-state index is 0.151. The van der Waals surface area contributed by atoms with Crippen LogP contribution < -0.4 is 10.2 Å². The normalized spacial score (nSPS) is 21.2. The highest BCUT2D eigenvalue weighted by Gasteiger charge is 2.25. The van der Waals surface area contributed by atoms with Crippen LogP contribution in [-0.4, -0.2) is 53.5 Å². The Kier molecular flexibility index (Phi) is 4.44. The molecule has 7 heteroatoms. The molecule has 0 aromatic carbocycles. The molecule has 2 aliphatic heterocycles. The molecule has 0 aliphatic carbocycles. The van der Waals surface area contributed by atoms with E-state index in [0.29, 0.717) is 19.1 Å². The van der Waals surface area contributed by atoms with Crippen molar-refractivity contribution >= 4 is 23.2 Å². The lowest BCUT2D eigenvalue weighted by atomic mass is 10.2. The summed E-state index contributed by atoms with van der Waals surface area (Å²) in [6, 6.07) is 6.34. The molecule has 4 heterocycles. The van der Waals surface area contributed by atoms with E-state index in [9.17, 15) is 4.79 Å². The number of nitrogens with zero attached hydrogens (tertiary/aromatic N) is 4. The monoisotopic (exact) mass is 343 g/mol. The lowest BCUT2D eigenvalue weighted by Crippen LogP contribution is -2.49. The van der Waals surface area contributed by atoms with Crippen LogP contribution in [0.1, 0.15) is 33.4 Å². The summed E-state index contributed by atoms with van der Waals surface area (Å²) in [6.45, 7) is 4.06. The van der Waals surface area contributed by atoms with E-state index in [1.807, 2.05) is 17.0 Å². The number of thiophene rings is 1. The number of aromatic nitrogens is 2. The molecule has 24 heavy (non-hydrogen) atoms. The van der Waals surface area contributed by atoms with E-state index in [-0.39, 0.29) is 5.91 Å². The molecule has 2 aromatic rings. The molecule has 2 aliphatic rings. The van der Waals surface area contributed by atoms with Gasteiger partial charge in [0, 0.05) is 49.5 Å². The molecule has 0 spiro atoms. The predicted octanol–water partition coefficient (Wildman–Crippen LogP) is 1.93. The molecule has 2 aromatic heterocycles. The molecule has 0 radical (unpaired) electrons. The lowest BCUT2D eigenvalue weighted by Gasteiger charge is -2.34. The maximum atomic E-state index is 12.7. The number of anilines is 1. The Morgan fingerprint density at radius 1 is 1.17 bits per heavy atom. The van der Waals surface area contributed by atoms with Crippen LogP contribution in [0.25, 0.3) is 0 Å². The van der Waals surface area contributed by atoms with Crippen LogP contribution >= 0.6 is 11.3 Å². The number of hydrogen-bond acceptors (Lipinski definition) is 6. The fraction of sp³-hybridized carbons (Fsp3) is 0.471. The van der Waals surface area contributed by atoms with Crippen LogP contribution in [0.5, 0.6) is 0 Å². The number of carbonyl (C=O) groups excluding carboxylic acids is 1. The van der Waals surface area contributed by atoms with Gasteiger partial charge in [-0.05, 0) is 37.6 Å². The minimum Gasteiger partial charge on any atom is -0.337 e. The summed E-state index contributed by atoms with van der Waals surface area (Å²) in [5, 5.41) is 3.49. The quantitative estimate of drug-likeness (QED) is 0.923. The predicted molar refractivity (Wildman–Crippen MR) is 94.4 cm³/mol. The Morgan fingerprint density at radius 2 is 1.96 bits per heavy atom. The summed E-state index contributed by atoms with van der Waals surface area (Å²) in [5.74, 6) is 0.896. The van der Waals surface area contributed by atoms with Crippen molar-refractivity contribution in [2.24, 2.45) is 0 Å². The Bertz CT molecular complexity index is 690. The second kappa shape index (κ2) is 6.86. The van der Waals surface area contributed by atoms with Crippen molar-refractivity contribution in [3.63, 3.8) is 0 Å². The molecule has 0 bridgehead atoms. The van der Waals surface area contributed by atoms with Gasteiger partial charge in [-0.3, -0.25) is 4.79 Å². The fourth-order valence-electron chi connectivity index (χ4n) is 3.30. The second-order valence-electron chi connectivity index (χ2n) is 6.18. The van der Waals surface area contributed by atoms with Crippen molar-refractivity contribution in [2.45, 2.75) is 18.9 Å². The summed E-state index contributed by atoms with van der Waals surface area (Å²) in [7, 11) is 0. The van der Waals surface area contributed by atoms with E-state index in [0.717, 1.165) is 30.5 Å². The summed E-state index contributed by atoms with van der Waals surface area (Å²) < 4.78 is 0. The SMILES string of the molecule is O=C(c1ccc([C@H]2CCCN2)s1)N1CCN(c2ncccn2)CC1. The summed E-state index contributed by atoms with van der Waals surface area (Å²) in [6.07, 6.45) is 5.90. The van der Waals surface area contributed by atoms with E-state index in [2.05, 4.69) is 26.3 Å². The number of piperazine rings is 1. The third-order valence-corrected chi connectivity index (χ3v) is 5.83. The van der Waals surface area contributed by atoms with Gasteiger partial charge < -0.3 is 15.1 Å². The first-order valence-electron chi connectivity index (χ1n) is 8.45. The zero-order valence-corrected chi connectivity index (χ0v) is 14.3. The Morgan fingerprint density at radius 3 is 2.67 bits per heavy atom. The standard InChI is InChI=1S/C17H21N5OS/c23-16(15-5-4-14(24-15)13-3-1-6-18-13)21-9-11-22(12-10-21)17-19-7-2-8-20-17/h2,4-5,7-8,13,18H,1,3,6,9-12H2/t13-/m1/s1. The van der Waals surface area contributed by atoms with Crippen LogP contribution in [-0.2, 0) is 0 Å². The number of carbonyl (C=O) groups is 1. The van der Waals surface area contributed by atoms with Crippen molar-refractivity contribution in [3.05, 3.63) is 40.3 Å². The summed E-state index contributed by atoms with van der Waals surface area (Å²) in [5.41, 5.74) is 0. The van der Waals surface area contributed by atoms with Gasteiger partial charge in [-0.25, -0.2) is 9.97 Å².